The number of hydrogen-bond acceptors (Lipinski definition) is 7. The van der Waals surface area contributed by atoms with Gasteiger partial charge in [0.1, 0.15) is 16.7 Å². The van der Waals surface area contributed by atoms with Crippen molar-refractivity contribution in [2.45, 2.75) is 17.1 Å². The minimum absolute atomic E-state index is 0.0731. The molecule has 1 heterocycles. The second kappa shape index (κ2) is 18.7. The number of thiazole rings is 1. The molecule has 57 heavy (non-hydrogen) atoms. The van der Waals surface area contributed by atoms with Crippen molar-refractivity contribution in [3.8, 4) is 28.1 Å². The van der Waals surface area contributed by atoms with E-state index in [9.17, 15) is 14.4 Å². The van der Waals surface area contributed by atoms with Crippen LogP contribution < -0.4 is 20.7 Å². The lowest BCUT2D eigenvalue weighted by Crippen LogP contribution is -2.30. The molecule has 0 bridgehead atoms. The number of anilines is 2. The fourth-order valence-corrected chi connectivity index (χ4v) is 7.72. The lowest BCUT2D eigenvalue weighted by Gasteiger charge is -2.17. The molecule has 7 rings (SSSR count). The minimum Gasteiger partial charge on any atom is -0.494 e. The molecule has 0 radical (unpaired) electrons. The van der Waals surface area contributed by atoms with Gasteiger partial charge in [-0.2, -0.15) is 0 Å². The van der Waals surface area contributed by atoms with Crippen LogP contribution in [0.4, 0.5) is 10.8 Å². The molecule has 0 saturated heterocycles. The average molecular weight is 787 g/mol. The van der Waals surface area contributed by atoms with Crippen LogP contribution in [0.1, 0.15) is 33.7 Å². The Kier molecular flexibility index (Phi) is 12.7. The Morgan fingerprint density at radius 2 is 1.37 bits per heavy atom. The summed E-state index contributed by atoms with van der Waals surface area (Å²) in [7, 11) is 0. The molecule has 3 N–H and O–H groups in total. The van der Waals surface area contributed by atoms with Gasteiger partial charge in [-0.05, 0) is 89.9 Å². The van der Waals surface area contributed by atoms with Crippen molar-refractivity contribution < 1.29 is 19.1 Å². The Bertz CT molecular complexity index is 2470. The number of ether oxygens (including phenoxy) is 1. The third kappa shape index (κ3) is 10.3. The van der Waals surface area contributed by atoms with Crippen molar-refractivity contribution in [3.05, 3.63) is 192 Å². The number of nitrogens with one attached hydrogen (secondary N) is 3. The SMILES string of the molecule is CCOc1ccc(-c2csc(NC(=O)C(Sc3cccc(NC(=O)/C(=C\c4ccc(-c5ccccc5)cc4)NC(=O)c4ccccc4)c3)c3ccccc3)n2)cc1. The highest BCUT2D eigenvalue weighted by atomic mass is 32.2. The summed E-state index contributed by atoms with van der Waals surface area (Å²) in [6.07, 6.45) is 1.65. The van der Waals surface area contributed by atoms with Crippen LogP contribution in [0, 0.1) is 0 Å². The normalized spacial score (nSPS) is 11.6. The second-order valence-corrected chi connectivity index (χ2v) is 14.8. The van der Waals surface area contributed by atoms with Gasteiger partial charge in [0.05, 0.1) is 12.3 Å². The third-order valence-electron chi connectivity index (χ3n) is 8.74. The predicted octanol–water partition coefficient (Wildman–Crippen LogP) is 10.8. The highest BCUT2D eigenvalue weighted by Crippen LogP contribution is 2.38. The number of aromatic nitrogens is 1. The van der Waals surface area contributed by atoms with Crippen molar-refractivity contribution >= 4 is 57.7 Å². The van der Waals surface area contributed by atoms with Gasteiger partial charge in [-0.3, -0.25) is 14.4 Å². The third-order valence-corrected chi connectivity index (χ3v) is 10.7. The number of thioether (sulfide) groups is 1. The molecule has 0 aliphatic carbocycles. The molecule has 0 aliphatic rings. The van der Waals surface area contributed by atoms with Crippen molar-refractivity contribution in [1.82, 2.24) is 10.3 Å². The number of carbonyl (C=O) groups is 3. The molecule has 1 aromatic heterocycles. The van der Waals surface area contributed by atoms with Gasteiger partial charge in [-0.25, -0.2) is 4.98 Å². The molecule has 7 aromatic rings. The van der Waals surface area contributed by atoms with Crippen LogP contribution in [0.15, 0.2) is 180 Å². The standard InChI is InChI=1S/C47H38N4O4S2/c1-2-55-39-27-25-35(26-28-39)42-31-56-47(50-42)51-46(54)43(36-15-8-4-9-16-36)57-40-20-12-19-38(30-40)48-45(53)41(49-44(52)37-17-10-5-11-18-37)29-32-21-23-34(24-22-32)33-13-6-3-7-14-33/h3-31,43H,2H2,1H3,(H,48,53)(H,49,52)(H,50,51,54)/b41-29+. The first kappa shape index (κ1) is 38.5. The van der Waals surface area contributed by atoms with Gasteiger partial charge >= 0.3 is 0 Å². The second-order valence-electron chi connectivity index (χ2n) is 12.7. The van der Waals surface area contributed by atoms with Gasteiger partial charge in [-0.15, -0.1) is 23.1 Å². The number of hydrogen-bond donors (Lipinski definition) is 3. The summed E-state index contributed by atoms with van der Waals surface area (Å²) in [5.41, 5.74) is 6.32. The van der Waals surface area contributed by atoms with E-state index in [1.54, 1.807) is 36.4 Å². The summed E-state index contributed by atoms with van der Waals surface area (Å²) in [4.78, 5) is 46.5. The summed E-state index contributed by atoms with van der Waals surface area (Å²) in [5, 5.41) is 10.6. The van der Waals surface area contributed by atoms with E-state index in [1.807, 2.05) is 146 Å². The molecule has 3 amide bonds. The first-order valence-electron chi connectivity index (χ1n) is 18.3. The van der Waals surface area contributed by atoms with E-state index in [0.29, 0.717) is 23.0 Å². The summed E-state index contributed by atoms with van der Waals surface area (Å²) < 4.78 is 5.56. The van der Waals surface area contributed by atoms with Gasteiger partial charge in [0.25, 0.3) is 11.8 Å². The van der Waals surface area contributed by atoms with E-state index in [0.717, 1.165) is 44.2 Å². The molecular weight excluding hydrogens is 749 g/mol. The smallest absolute Gasteiger partial charge is 0.272 e. The quantitative estimate of drug-likeness (QED) is 0.0748. The van der Waals surface area contributed by atoms with E-state index in [4.69, 9.17) is 4.74 Å². The maximum Gasteiger partial charge on any atom is 0.272 e. The molecular formula is C47H38N4O4S2. The van der Waals surface area contributed by atoms with Crippen LogP contribution in [0.3, 0.4) is 0 Å². The van der Waals surface area contributed by atoms with E-state index in [1.165, 1.54) is 23.1 Å². The number of rotatable bonds is 14. The molecule has 1 atom stereocenters. The number of amides is 3. The lowest BCUT2D eigenvalue weighted by atomic mass is 10.0. The molecule has 1 unspecified atom stereocenters. The van der Waals surface area contributed by atoms with Crippen molar-refractivity contribution in [2.24, 2.45) is 0 Å². The van der Waals surface area contributed by atoms with Crippen LogP contribution in [-0.2, 0) is 9.59 Å². The van der Waals surface area contributed by atoms with Gasteiger partial charge < -0.3 is 20.7 Å². The first-order chi connectivity index (χ1) is 27.9. The minimum atomic E-state index is -0.630. The highest BCUT2D eigenvalue weighted by molar-refractivity contribution is 8.00. The van der Waals surface area contributed by atoms with E-state index in [2.05, 4.69) is 20.9 Å². The lowest BCUT2D eigenvalue weighted by molar-refractivity contribution is -0.116. The zero-order valence-electron chi connectivity index (χ0n) is 30.9. The fourth-order valence-electron chi connectivity index (χ4n) is 5.92. The zero-order chi connectivity index (χ0) is 39.4. The fraction of sp³-hybridized carbons (Fsp3) is 0.0638. The van der Waals surface area contributed by atoms with Crippen LogP contribution in [-0.4, -0.2) is 29.3 Å². The van der Waals surface area contributed by atoms with E-state index >= 15 is 0 Å². The summed E-state index contributed by atoms with van der Waals surface area (Å²) in [5.74, 6) is -0.364. The Morgan fingerprint density at radius 3 is 2.07 bits per heavy atom. The Hall–Kier alpha value is -6.75. The molecule has 10 heteroatoms. The van der Waals surface area contributed by atoms with E-state index < -0.39 is 17.1 Å². The highest BCUT2D eigenvalue weighted by Gasteiger charge is 2.24. The Labute approximate surface area is 339 Å². The van der Waals surface area contributed by atoms with Crippen LogP contribution in [0.2, 0.25) is 0 Å². The first-order valence-corrected chi connectivity index (χ1v) is 20.0. The maximum atomic E-state index is 13.9. The Morgan fingerprint density at radius 1 is 0.719 bits per heavy atom. The topological polar surface area (TPSA) is 109 Å². The molecule has 0 saturated carbocycles. The molecule has 6 aromatic carbocycles. The summed E-state index contributed by atoms with van der Waals surface area (Å²) in [6.45, 7) is 2.53. The van der Waals surface area contributed by atoms with Gasteiger partial charge in [0.15, 0.2) is 5.13 Å². The molecule has 8 nitrogen and oxygen atoms in total. The number of nitrogens with zero attached hydrogens (tertiary/aromatic N) is 1. The average Bonchev–Trinajstić information content (AvgIpc) is 3.72. The summed E-state index contributed by atoms with van der Waals surface area (Å²) in [6, 6.07) is 51.0. The zero-order valence-corrected chi connectivity index (χ0v) is 32.6. The van der Waals surface area contributed by atoms with Crippen LogP contribution in [0.25, 0.3) is 28.5 Å². The molecule has 282 valence electrons. The monoisotopic (exact) mass is 786 g/mol. The number of benzene rings is 6. The van der Waals surface area contributed by atoms with Gasteiger partial charge in [0, 0.05) is 27.1 Å². The van der Waals surface area contributed by atoms with Crippen molar-refractivity contribution in [3.63, 3.8) is 0 Å². The number of carbonyl (C=O) groups excluding carboxylic acids is 3. The summed E-state index contributed by atoms with van der Waals surface area (Å²) >= 11 is 2.71. The van der Waals surface area contributed by atoms with E-state index in [-0.39, 0.29) is 11.6 Å². The van der Waals surface area contributed by atoms with Crippen molar-refractivity contribution in [1.29, 1.82) is 0 Å². The molecule has 0 spiro atoms. The largest absolute Gasteiger partial charge is 0.494 e. The predicted molar refractivity (Wildman–Crippen MR) is 231 cm³/mol. The van der Waals surface area contributed by atoms with Crippen LogP contribution in [0.5, 0.6) is 5.75 Å². The maximum absolute atomic E-state index is 13.9. The molecule has 0 fully saturated rings. The Balaban J connectivity index is 1.09. The van der Waals surface area contributed by atoms with Crippen LogP contribution >= 0.6 is 23.1 Å². The van der Waals surface area contributed by atoms with Gasteiger partial charge in [0.2, 0.25) is 5.91 Å². The van der Waals surface area contributed by atoms with Crippen molar-refractivity contribution in [2.75, 3.05) is 17.2 Å². The van der Waals surface area contributed by atoms with Gasteiger partial charge in [-0.1, -0.05) is 109 Å². The molecule has 0 aliphatic heterocycles.